The van der Waals surface area contributed by atoms with Gasteiger partial charge in [0.15, 0.2) is 0 Å². The molecule has 0 aliphatic heterocycles. The number of fused-ring (bicyclic) bond motifs is 1. The molecule has 1 aromatic heterocycles. The van der Waals surface area contributed by atoms with Crippen molar-refractivity contribution in [2.45, 2.75) is 32.9 Å². The molecule has 0 saturated carbocycles. The number of aromatic nitrogens is 3. The highest BCUT2D eigenvalue weighted by molar-refractivity contribution is 5.90. The van der Waals surface area contributed by atoms with Crippen molar-refractivity contribution in [2.24, 2.45) is 0 Å². The molecular formula is C19H21N5O2. The number of rotatable bonds is 5. The Morgan fingerprint density at radius 3 is 2.65 bits per heavy atom. The van der Waals surface area contributed by atoms with E-state index in [2.05, 4.69) is 20.9 Å². The number of anilines is 1. The predicted molar refractivity (Wildman–Crippen MR) is 101 cm³/mol. The zero-order chi connectivity index (χ0) is 18.5. The number of hydrogen-bond donors (Lipinski definition) is 2. The van der Waals surface area contributed by atoms with Crippen LogP contribution in [0.3, 0.4) is 0 Å². The van der Waals surface area contributed by atoms with Crippen LogP contribution in [0.4, 0.5) is 10.5 Å². The Labute approximate surface area is 151 Å². The maximum Gasteiger partial charge on any atom is 0.319 e. The summed E-state index contributed by atoms with van der Waals surface area (Å²) in [5.41, 5.74) is 2.08. The Balaban J connectivity index is 1.72. The average molecular weight is 351 g/mol. The van der Waals surface area contributed by atoms with E-state index in [1.807, 2.05) is 44.2 Å². The summed E-state index contributed by atoms with van der Waals surface area (Å²) in [6.45, 7) is 4.13. The van der Waals surface area contributed by atoms with E-state index in [0.717, 1.165) is 11.3 Å². The van der Waals surface area contributed by atoms with Gasteiger partial charge in [-0.3, -0.25) is 4.79 Å². The molecule has 1 atom stereocenters. The van der Waals surface area contributed by atoms with Crippen LogP contribution in [0.25, 0.3) is 10.9 Å². The van der Waals surface area contributed by atoms with Crippen LogP contribution in [0.5, 0.6) is 0 Å². The van der Waals surface area contributed by atoms with Gasteiger partial charge >= 0.3 is 6.03 Å². The summed E-state index contributed by atoms with van der Waals surface area (Å²) in [5.74, 6) is 0. The van der Waals surface area contributed by atoms with Gasteiger partial charge in [0.25, 0.3) is 5.56 Å². The van der Waals surface area contributed by atoms with Crippen molar-refractivity contribution < 1.29 is 4.79 Å². The molecule has 2 amide bonds. The Kier molecular flexibility index (Phi) is 5.26. The van der Waals surface area contributed by atoms with Crippen molar-refractivity contribution in [3.05, 3.63) is 64.4 Å². The summed E-state index contributed by atoms with van der Waals surface area (Å²) < 4.78 is 1.30. The number of nitrogens with zero attached hydrogens (tertiary/aromatic N) is 3. The second-order valence-corrected chi connectivity index (χ2v) is 6.11. The first-order valence-corrected chi connectivity index (χ1v) is 8.54. The SMILES string of the molecule is CC[C@@H](Cn1nnc2ccccc2c1=O)NC(=O)Nc1ccccc1C. The molecule has 7 heteroatoms. The van der Waals surface area contributed by atoms with E-state index >= 15 is 0 Å². The number of nitrogens with one attached hydrogen (secondary N) is 2. The highest BCUT2D eigenvalue weighted by Gasteiger charge is 2.14. The van der Waals surface area contributed by atoms with Crippen molar-refractivity contribution in [3.8, 4) is 0 Å². The molecule has 3 aromatic rings. The summed E-state index contributed by atoms with van der Waals surface area (Å²) in [7, 11) is 0. The predicted octanol–water partition coefficient (Wildman–Crippen LogP) is 2.70. The highest BCUT2D eigenvalue weighted by atomic mass is 16.2. The van der Waals surface area contributed by atoms with E-state index in [9.17, 15) is 9.59 Å². The van der Waals surface area contributed by atoms with Crippen LogP contribution < -0.4 is 16.2 Å². The van der Waals surface area contributed by atoms with Gasteiger partial charge in [-0.2, -0.15) is 0 Å². The minimum Gasteiger partial charge on any atom is -0.333 e. The molecule has 26 heavy (non-hydrogen) atoms. The van der Waals surface area contributed by atoms with E-state index in [1.165, 1.54) is 4.68 Å². The lowest BCUT2D eigenvalue weighted by atomic mass is 10.2. The molecule has 0 spiro atoms. The number of hydrogen-bond acceptors (Lipinski definition) is 4. The van der Waals surface area contributed by atoms with Gasteiger partial charge in [-0.15, -0.1) is 5.10 Å². The Morgan fingerprint density at radius 2 is 1.88 bits per heavy atom. The maximum absolute atomic E-state index is 12.5. The van der Waals surface area contributed by atoms with Crippen molar-refractivity contribution in [3.63, 3.8) is 0 Å². The van der Waals surface area contributed by atoms with E-state index in [0.29, 0.717) is 17.3 Å². The zero-order valence-electron chi connectivity index (χ0n) is 14.8. The molecule has 0 aliphatic carbocycles. The monoisotopic (exact) mass is 351 g/mol. The summed E-state index contributed by atoms with van der Waals surface area (Å²) in [6, 6.07) is 14.1. The molecule has 0 bridgehead atoms. The van der Waals surface area contributed by atoms with Crippen molar-refractivity contribution in [2.75, 3.05) is 5.32 Å². The van der Waals surface area contributed by atoms with Crippen molar-refractivity contribution in [1.82, 2.24) is 20.3 Å². The minimum absolute atomic E-state index is 0.213. The van der Waals surface area contributed by atoms with Crippen LogP contribution >= 0.6 is 0 Å². The molecule has 0 aliphatic rings. The molecule has 0 unspecified atom stereocenters. The number of carbonyl (C=O) groups excluding carboxylic acids is 1. The van der Waals surface area contributed by atoms with Gasteiger partial charge in [0, 0.05) is 5.69 Å². The Bertz CT molecular complexity index is 983. The molecule has 7 nitrogen and oxygen atoms in total. The van der Waals surface area contributed by atoms with Gasteiger partial charge < -0.3 is 10.6 Å². The zero-order valence-corrected chi connectivity index (χ0v) is 14.8. The molecular weight excluding hydrogens is 330 g/mol. The molecule has 3 rings (SSSR count). The van der Waals surface area contributed by atoms with Crippen LogP contribution in [0.2, 0.25) is 0 Å². The fourth-order valence-electron chi connectivity index (χ4n) is 2.69. The van der Waals surface area contributed by atoms with Crippen LogP contribution in [-0.4, -0.2) is 27.1 Å². The first-order valence-electron chi connectivity index (χ1n) is 8.54. The molecule has 1 heterocycles. The number of carbonyl (C=O) groups is 1. The molecule has 0 radical (unpaired) electrons. The number of benzene rings is 2. The van der Waals surface area contributed by atoms with E-state index < -0.39 is 0 Å². The van der Waals surface area contributed by atoms with Gasteiger partial charge in [-0.25, -0.2) is 9.48 Å². The van der Waals surface area contributed by atoms with E-state index in [-0.39, 0.29) is 24.2 Å². The summed E-state index contributed by atoms with van der Waals surface area (Å²) in [6.07, 6.45) is 0.655. The number of urea groups is 1. The third-order valence-corrected chi connectivity index (χ3v) is 4.24. The summed E-state index contributed by atoms with van der Waals surface area (Å²) in [5, 5.41) is 14.3. The molecule has 134 valence electrons. The smallest absolute Gasteiger partial charge is 0.319 e. The standard InChI is InChI=1S/C19H21N5O2/c1-3-14(20-19(26)21-16-10-6-4-8-13(16)2)12-24-18(25)15-9-5-7-11-17(15)22-23-24/h4-11,14H,3,12H2,1-2H3,(H2,20,21,26)/t14-/m0/s1. The summed E-state index contributed by atoms with van der Waals surface area (Å²) >= 11 is 0. The average Bonchev–Trinajstić information content (AvgIpc) is 2.65. The quantitative estimate of drug-likeness (QED) is 0.740. The third-order valence-electron chi connectivity index (χ3n) is 4.24. The first-order chi connectivity index (χ1) is 12.6. The molecule has 0 saturated heterocycles. The van der Waals surface area contributed by atoms with Crippen molar-refractivity contribution in [1.29, 1.82) is 0 Å². The normalized spacial score (nSPS) is 11.9. The van der Waals surface area contributed by atoms with E-state index in [1.54, 1.807) is 18.2 Å². The molecule has 2 aromatic carbocycles. The fraction of sp³-hybridized carbons (Fsp3) is 0.263. The van der Waals surface area contributed by atoms with Gasteiger partial charge in [0.1, 0.15) is 5.52 Å². The van der Waals surface area contributed by atoms with Gasteiger partial charge in [-0.1, -0.05) is 42.5 Å². The van der Waals surface area contributed by atoms with Gasteiger partial charge in [0.2, 0.25) is 0 Å². The lowest BCUT2D eigenvalue weighted by Gasteiger charge is -2.18. The summed E-state index contributed by atoms with van der Waals surface area (Å²) in [4.78, 5) is 24.8. The van der Waals surface area contributed by atoms with Crippen LogP contribution in [-0.2, 0) is 6.54 Å². The fourth-order valence-corrected chi connectivity index (χ4v) is 2.69. The number of amides is 2. The van der Waals surface area contributed by atoms with Gasteiger partial charge in [-0.05, 0) is 37.1 Å². The maximum atomic E-state index is 12.5. The van der Waals surface area contributed by atoms with E-state index in [4.69, 9.17) is 0 Å². The first kappa shape index (κ1) is 17.6. The van der Waals surface area contributed by atoms with Gasteiger partial charge in [0.05, 0.1) is 18.0 Å². The second-order valence-electron chi connectivity index (χ2n) is 6.11. The van der Waals surface area contributed by atoms with Crippen LogP contribution in [0.1, 0.15) is 18.9 Å². The Hall–Kier alpha value is -3.22. The number of para-hydroxylation sites is 1. The highest BCUT2D eigenvalue weighted by Crippen LogP contribution is 2.13. The Morgan fingerprint density at radius 1 is 1.15 bits per heavy atom. The molecule has 2 N–H and O–H groups in total. The largest absolute Gasteiger partial charge is 0.333 e. The van der Waals surface area contributed by atoms with Crippen LogP contribution in [0.15, 0.2) is 53.3 Å². The minimum atomic E-state index is -0.312. The lowest BCUT2D eigenvalue weighted by Crippen LogP contribution is -2.42. The lowest BCUT2D eigenvalue weighted by molar-refractivity contribution is 0.245. The number of aryl methyl sites for hydroxylation is 1. The molecule has 0 fully saturated rings. The topological polar surface area (TPSA) is 88.9 Å². The second kappa shape index (κ2) is 7.77. The third kappa shape index (κ3) is 3.88. The van der Waals surface area contributed by atoms with Crippen LogP contribution in [0, 0.1) is 6.92 Å². The van der Waals surface area contributed by atoms with Crippen molar-refractivity contribution >= 4 is 22.6 Å².